The lowest BCUT2D eigenvalue weighted by atomic mass is 9.94. The molecule has 3 aromatic rings. The van der Waals surface area contributed by atoms with Crippen molar-refractivity contribution in [1.29, 1.82) is 0 Å². The van der Waals surface area contributed by atoms with Gasteiger partial charge in [0, 0.05) is 5.92 Å². The summed E-state index contributed by atoms with van der Waals surface area (Å²) < 4.78 is 28.1. The van der Waals surface area contributed by atoms with Gasteiger partial charge in [0.25, 0.3) is 11.1 Å². The van der Waals surface area contributed by atoms with Gasteiger partial charge in [-0.25, -0.2) is 13.5 Å². The van der Waals surface area contributed by atoms with E-state index in [1.54, 1.807) is 24.3 Å². The largest absolute Gasteiger partial charge is 0.273 e. The summed E-state index contributed by atoms with van der Waals surface area (Å²) in [6.07, 6.45) is 4.23. The minimum atomic E-state index is -0.934. The van der Waals surface area contributed by atoms with Crippen LogP contribution in [-0.4, -0.2) is 9.78 Å². The van der Waals surface area contributed by atoms with Crippen LogP contribution in [0, 0.1) is 11.6 Å². The monoisotopic (exact) mass is 340 g/mol. The molecule has 2 atom stereocenters. The van der Waals surface area contributed by atoms with E-state index in [2.05, 4.69) is 5.10 Å². The molecule has 4 rings (SSSR count). The van der Waals surface area contributed by atoms with E-state index in [1.165, 1.54) is 10.7 Å². The van der Waals surface area contributed by atoms with E-state index in [1.807, 2.05) is 12.2 Å². The molecule has 25 heavy (non-hydrogen) atoms. The molecule has 0 amide bonds. The van der Waals surface area contributed by atoms with Gasteiger partial charge in [0.1, 0.15) is 0 Å². The van der Waals surface area contributed by atoms with Crippen molar-refractivity contribution in [1.82, 2.24) is 9.78 Å². The van der Waals surface area contributed by atoms with Gasteiger partial charge in [-0.2, -0.15) is 0 Å². The summed E-state index contributed by atoms with van der Waals surface area (Å²) in [4.78, 5) is 25.1. The number of allylic oxidation sites excluding steroid dienone is 2. The topological polar surface area (TPSA) is 54.9 Å². The van der Waals surface area contributed by atoms with Gasteiger partial charge >= 0.3 is 0 Å². The number of nitrogens with one attached hydrogen (secondary N) is 1. The first-order valence-corrected chi connectivity index (χ1v) is 7.91. The predicted molar refractivity (Wildman–Crippen MR) is 90.7 cm³/mol. The number of hydrogen-bond donors (Lipinski definition) is 1. The molecule has 126 valence electrons. The molecule has 6 heteroatoms. The summed E-state index contributed by atoms with van der Waals surface area (Å²) >= 11 is 0. The third kappa shape index (κ3) is 2.50. The van der Waals surface area contributed by atoms with Gasteiger partial charge in [0.05, 0.1) is 16.8 Å². The highest BCUT2D eigenvalue weighted by Gasteiger charge is 2.28. The maximum absolute atomic E-state index is 13.6. The van der Waals surface area contributed by atoms with E-state index < -0.39 is 17.7 Å². The molecule has 1 aliphatic rings. The predicted octanol–water partition coefficient (Wildman–Crippen LogP) is 3.25. The molecule has 0 bridgehead atoms. The van der Waals surface area contributed by atoms with Crippen molar-refractivity contribution in [2.45, 2.75) is 18.4 Å². The van der Waals surface area contributed by atoms with Crippen molar-refractivity contribution in [2.75, 3.05) is 0 Å². The minimum absolute atomic E-state index is 0.309. The summed E-state index contributed by atoms with van der Waals surface area (Å²) in [5, 5.41) is 3.29. The highest BCUT2D eigenvalue weighted by atomic mass is 19.2. The fraction of sp³-hybridized carbons (Fsp3) is 0.158. The van der Waals surface area contributed by atoms with Crippen molar-refractivity contribution < 1.29 is 8.78 Å². The molecular formula is C19H14F2N2O2. The SMILES string of the molecule is O=c1[nH]n([C@H]2CC=C[C@@H]2c2ccc(F)c(F)c2)c(=O)c2ccccc12. The number of rotatable bonds is 2. The smallest absolute Gasteiger partial charge is 0.267 e. The van der Waals surface area contributed by atoms with Crippen LogP contribution in [0.2, 0.25) is 0 Å². The Hall–Kier alpha value is -3.02. The Kier molecular flexibility index (Phi) is 3.60. The summed E-state index contributed by atoms with van der Waals surface area (Å²) in [5.74, 6) is -2.18. The lowest BCUT2D eigenvalue weighted by Crippen LogP contribution is -2.34. The van der Waals surface area contributed by atoms with Crippen LogP contribution in [0.15, 0.2) is 64.2 Å². The van der Waals surface area contributed by atoms with Gasteiger partial charge in [0.15, 0.2) is 11.6 Å². The maximum Gasteiger partial charge on any atom is 0.273 e. The molecule has 4 nitrogen and oxygen atoms in total. The van der Waals surface area contributed by atoms with Crippen LogP contribution in [-0.2, 0) is 0 Å². The first-order valence-electron chi connectivity index (χ1n) is 7.91. The first kappa shape index (κ1) is 15.5. The van der Waals surface area contributed by atoms with Crippen molar-refractivity contribution >= 4 is 10.8 Å². The molecule has 1 heterocycles. The fourth-order valence-corrected chi connectivity index (χ4v) is 3.41. The first-order chi connectivity index (χ1) is 12.1. The minimum Gasteiger partial charge on any atom is -0.267 e. The molecular weight excluding hydrogens is 326 g/mol. The van der Waals surface area contributed by atoms with Crippen molar-refractivity contribution in [2.24, 2.45) is 0 Å². The highest BCUT2D eigenvalue weighted by Crippen LogP contribution is 2.37. The number of H-pyrrole nitrogens is 1. The number of nitrogens with zero attached hydrogens (tertiary/aromatic N) is 1. The zero-order chi connectivity index (χ0) is 17.6. The summed E-state index contributed by atoms with van der Waals surface area (Å²) in [5.41, 5.74) is -0.110. The molecule has 0 saturated carbocycles. The molecule has 0 aliphatic heterocycles. The average molecular weight is 340 g/mol. The second kappa shape index (κ2) is 5.81. The van der Waals surface area contributed by atoms with Gasteiger partial charge in [-0.15, -0.1) is 0 Å². The number of fused-ring (bicyclic) bond motifs is 1. The Labute approximate surface area is 141 Å². The molecule has 1 N–H and O–H groups in total. The van der Waals surface area contributed by atoms with Crippen LogP contribution in [0.5, 0.6) is 0 Å². The van der Waals surface area contributed by atoms with E-state index in [9.17, 15) is 18.4 Å². The number of hydrogen-bond acceptors (Lipinski definition) is 2. The molecule has 0 spiro atoms. The van der Waals surface area contributed by atoms with Crippen LogP contribution < -0.4 is 11.1 Å². The van der Waals surface area contributed by atoms with Gasteiger partial charge in [-0.05, 0) is 36.2 Å². The van der Waals surface area contributed by atoms with Crippen LogP contribution in [0.4, 0.5) is 8.78 Å². The molecule has 1 aromatic heterocycles. The molecule has 2 aromatic carbocycles. The second-order valence-corrected chi connectivity index (χ2v) is 6.09. The Bertz CT molecular complexity index is 1110. The fourth-order valence-electron chi connectivity index (χ4n) is 3.41. The van der Waals surface area contributed by atoms with Gasteiger partial charge < -0.3 is 0 Å². The summed E-state index contributed by atoms with van der Waals surface area (Å²) in [6, 6.07) is 9.91. The highest BCUT2D eigenvalue weighted by molar-refractivity contribution is 5.80. The standard InChI is InChI=1S/C19H14F2N2O2/c20-15-9-8-11(10-16(15)21)12-6-3-7-17(12)23-19(25)14-5-2-1-4-13(14)18(24)22-23/h1-6,8-10,12,17H,7H2,(H,22,24)/t12-,17+/m1/s1. The van der Waals surface area contributed by atoms with Crippen LogP contribution >= 0.6 is 0 Å². The normalized spacial score (nSPS) is 19.6. The van der Waals surface area contributed by atoms with E-state index in [0.717, 1.165) is 12.1 Å². The van der Waals surface area contributed by atoms with Crippen molar-refractivity contribution in [3.63, 3.8) is 0 Å². The third-order valence-corrected chi connectivity index (χ3v) is 4.64. The molecule has 1 aliphatic carbocycles. The Morgan fingerprint density at radius 3 is 2.52 bits per heavy atom. The van der Waals surface area contributed by atoms with E-state index >= 15 is 0 Å². The lowest BCUT2D eigenvalue weighted by molar-refractivity contribution is 0.417. The van der Waals surface area contributed by atoms with Gasteiger partial charge in [-0.3, -0.25) is 14.7 Å². The Balaban J connectivity index is 1.85. The van der Waals surface area contributed by atoms with E-state index in [4.69, 9.17) is 0 Å². The summed E-state index contributed by atoms with van der Waals surface area (Å²) in [7, 11) is 0. The van der Waals surface area contributed by atoms with E-state index in [-0.39, 0.29) is 17.0 Å². The third-order valence-electron chi connectivity index (χ3n) is 4.64. The van der Waals surface area contributed by atoms with Crippen LogP contribution in [0.1, 0.15) is 23.9 Å². The molecule has 0 fully saturated rings. The Morgan fingerprint density at radius 2 is 1.76 bits per heavy atom. The van der Waals surface area contributed by atoms with Crippen LogP contribution in [0.25, 0.3) is 10.8 Å². The van der Waals surface area contributed by atoms with Crippen molar-refractivity contribution in [3.05, 3.63) is 92.5 Å². The van der Waals surface area contributed by atoms with Gasteiger partial charge in [0.2, 0.25) is 0 Å². The Morgan fingerprint density at radius 1 is 1.00 bits per heavy atom. The lowest BCUT2D eigenvalue weighted by Gasteiger charge is -2.22. The molecule has 0 saturated heterocycles. The zero-order valence-electron chi connectivity index (χ0n) is 13.1. The maximum atomic E-state index is 13.6. The second-order valence-electron chi connectivity index (χ2n) is 6.09. The molecule has 0 unspecified atom stereocenters. The number of benzene rings is 2. The van der Waals surface area contributed by atoms with Gasteiger partial charge in [-0.1, -0.05) is 30.4 Å². The number of halogens is 2. The quantitative estimate of drug-likeness (QED) is 0.728. The van der Waals surface area contributed by atoms with Crippen molar-refractivity contribution in [3.8, 4) is 0 Å². The zero-order valence-corrected chi connectivity index (χ0v) is 13.1. The average Bonchev–Trinajstić information content (AvgIpc) is 3.10. The number of aromatic amines is 1. The van der Waals surface area contributed by atoms with Crippen LogP contribution in [0.3, 0.4) is 0 Å². The summed E-state index contributed by atoms with van der Waals surface area (Å²) in [6.45, 7) is 0. The van der Waals surface area contributed by atoms with E-state index in [0.29, 0.717) is 22.8 Å². The molecule has 0 radical (unpaired) electrons. The number of aromatic nitrogens is 2.